The molecule has 0 aliphatic rings. The Labute approximate surface area is 131 Å². The lowest BCUT2D eigenvalue weighted by atomic mass is 9.80. The van der Waals surface area contributed by atoms with Gasteiger partial charge in [0.15, 0.2) is 0 Å². The lowest BCUT2D eigenvalue weighted by molar-refractivity contribution is 0.425. The molecule has 23 heavy (non-hydrogen) atoms. The van der Waals surface area contributed by atoms with Crippen LogP contribution in [0, 0.1) is 5.82 Å². The molecular weight excluding hydrogens is 296 g/mol. The maximum absolute atomic E-state index is 14.4. The van der Waals surface area contributed by atoms with Crippen LogP contribution in [0.3, 0.4) is 0 Å². The Balaban J connectivity index is 1.99. The zero-order chi connectivity index (χ0) is 16.0. The molecule has 0 atom stereocenters. The summed E-state index contributed by atoms with van der Waals surface area (Å²) >= 11 is 0. The quantitative estimate of drug-likeness (QED) is 0.558. The number of hydrogen-bond acceptors (Lipinski definition) is 4. The highest BCUT2D eigenvalue weighted by atomic mass is 19.1. The topological polar surface area (TPSA) is 66.5 Å². The smallest absolute Gasteiger partial charge is 0.456 e. The molecule has 0 unspecified atom stereocenters. The van der Waals surface area contributed by atoms with E-state index in [9.17, 15) is 14.4 Å². The summed E-state index contributed by atoms with van der Waals surface area (Å²) in [6.45, 7) is 0. The third kappa shape index (κ3) is 2.28. The molecule has 0 saturated heterocycles. The zero-order valence-electron chi connectivity index (χ0n) is 11.9. The number of halogens is 1. The summed E-state index contributed by atoms with van der Waals surface area (Å²) in [6.07, 6.45) is 1.61. The summed E-state index contributed by atoms with van der Waals surface area (Å²) in [5.41, 5.74) is 2.14. The van der Waals surface area contributed by atoms with E-state index in [2.05, 4.69) is 4.98 Å². The minimum atomic E-state index is -1.58. The maximum Gasteiger partial charge on any atom is 0.488 e. The highest BCUT2D eigenvalue weighted by Crippen LogP contribution is 2.33. The van der Waals surface area contributed by atoms with Crippen LogP contribution in [0.15, 0.2) is 59.1 Å². The molecule has 4 nitrogen and oxygen atoms in total. The fraction of sp³-hybridized carbons (Fsp3) is 0. The van der Waals surface area contributed by atoms with Gasteiger partial charge in [0.05, 0.1) is 5.69 Å². The molecule has 0 amide bonds. The van der Waals surface area contributed by atoms with Crippen LogP contribution in [0.25, 0.3) is 33.2 Å². The fourth-order valence-electron chi connectivity index (χ4n) is 2.69. The first kappa shape index (κ1) is 13.9. The van der Waals surface area contributed by atoms with Gasteiger partial charge in [-0.3, -0.25) is 4.98 Å². The number of hydrogen-bond donors (Lipinski definition) is 2. The van der Waals surface area contributed by atoms with Crippen LogP contribution >= 0.6 is 0 Å². The Morgan fingerprint density at radius 2 is 1.78 bits per heavy atom. The van der Waals surface area contributed by atoms with Crippen molar-refractivity contribution in [2.45, 2.75) is 0 Å². The molecule has 2 aromatic carbocycles. The van der Waals surface area contributed by atoms with Gasteiger partial charge < -0.3 is 14.5 Å². The van der Waals surface area contributed by atoms with Crippen LogP contribution in [0.4, 0.5) is 4.39 Å². The van der Waals surface area contributed by atoms with Gasteiger partial charge in [0, 0.05) is 28.6 Å². The SMILES string of the molecule is OB(O)c1ccc2c(c1)oc1cc(F)c(-c3ccccn3)cc12. The van der Waals surface area contributed by atoms with Crippen molar-refractivity contribution in [3.8, 4) is 11.3 Å². The number of aromatic nitrogens is 1. The Bertz CT molecular complexity index is 1010. The Morgan fingerprint density at radius 1 is 0.957 bits per heavy atom. The average molecular weight is 307 g/mol. The van der Waals surface area contributed by atoms with Crippen molar-refractivity contribution in [3.05, 3.63) is 60.5 Å². The van der Waals surface area contributed by atoms with Gasteiger partial charge in [-0.1, -0.05) is 18.2 Å². The number of rotatable bonds is 2. The summed E-state index contributed by atoms with van der Waals surface area (Å²) in [5.74, 6) is -0.419. The van der Waals surface area contributed by atoms with Gasteiger partial charge in [-0.05, 0) is 29.7 Å². The number of nitrogens with zero attached hydrogens (tertiary/aromatic N) is 1. The molecule has 0 radical (unpaired) electrons. The molecule has 2 N–H and O–H groups in total. The molecule has 112 valence electrons. The highest BCUT2D eigenvalue weighted by molar-refractivity contribution is 6.58. The van der Waals surface area contributed by atoms with Crippen LogP contribution in [0.5, 0.6) is 0 Å². The van der Waals surface area contributed by atoms with Gasteiger partial charge >= 0.3 is 7.12 Å². The van der Waals surface area contributed by atoms with Crippen molar-refractivity contribution < 1.29 is 18.9 Å². The van der Waals surface area contributed by atoms with E-state index in [1.807, 2.05) is 0 Å². The molecule has 0 aliphatic carbocycles. The lowest BCUT2D eigenvalue weighted by Crippen LogP contribution is -2.29. The van der Waals surface area contributed by atoms with E-state index in [0.717, 1.165) is 10.8 Å². The summed E-state index contributed by atoms with van der Waals surface area (Å²) in [4.78, 5) is 4.18. The van der Waals surface area contributed by atoms with Gasteiger partial charge in [-0.15, -0.1) is 0 Å². The third-order valence-corrected chi connectivity index (χ3v) is 3.82. The molecule has 0 aliphatic heterocycles. The molecule has 4 rings (SSSR count). The van der Waals surface area contributed by atoms with Crippen LogP contribution in [0.2, 0.25) is 0 Å². The monoisotopic (exact) mass is 307 g/mol. The summed E-state index contributed by atoms with van der Waals surface area (Å²) in [7, 11) is -1.58. The van der Waals surface area contributed by atoms with Gasteiger partial charge in [-0.2, -0.15) is 0 Å². The van der Waals surface area contributed by atoms with Gasteiger partial charge in [-0.25, -0.2) is 4.39 Å². The molecule has 2 aromatic heterocycles. The Morgan fingerprint density at radius 3 is 2.52 bits per heavy atom. The summed E-state index contributed by atoms with van der Waals surface area (Å²) in [6, 6.07) is 13.2. The number of pyridine rings is 1. The van der Waals surface area contributed by atoms with Gasteiger partial charge in [0.2, 0.25) is 0 Å². The third-order valence-electron chi connectivity index (χ3n) is 3.82. The predicted octanol–water partition coefficient (Wildman–Crippen LogP) is 2.47. The average Bonchev–Trinajstić information content (AvgIpc) is 2.91. The first-order valence-electron chi connectivity index (χ1n) is 7.07. The first-order valence-corrected chi connectivity index (χ1v) is 7.07. The van der Waals surface area contributed by atoms with Crippen LogP contribution in [-0.4, -0.2) is 22.2 Å². The second-order valence-corrected chi connectivity index (χ2v) is 5.27. The molecule has 0 saturated carbocycles. The number of furan rings is 1. The van der Waals surface area contributed by atoms with E-state index in [1.54, 1.807) is 48.7 Å². The largest absolute Gasteiger partial charge is 0.488 e. The molecule has 4 aromatic rings. The van der Waals surface area contributed by atoms with Crippen molar-refractivity contribution in [1.82, 2.24) is 4.98 Å². The van der Waals surface area contributed by atoms with Crippen molar-refractivity contribution >= 4 is 34.5 Å². The predicted molar refractivity (Wildman–Crippen MR) is 86.7 cm³/mol. The first-order chi connectivity index (χ1) is 11.1. The highest BCUT2D eigenvalue weighted by Gasteiger charge is 2.16. The van der Waals surface area contributed by atoms with Crippen molar-refractivity contribution in [1.29, 1.82) is 0 Å². The van der Waals surface area contributed by atoms with Crippen molar-refractivity contribution in [3.63, 3.8) is 0 Å². The van der Waals surface area contributed by atoms with Crippen molar-refractivity contribution in [2.75, 3.05) is 0 Å². The molecule has 0 fully saturated rings. The Hall–Kier alpha value is -2.70. The van der Waals surface area contributed by atoms with Gasteiger partial charge in [0.1, 0.15) is 17.0 Å². The minimum absolute atomic E-state index is 0.321. The lowest BCUT2D eigenvalue weighted by Gasteiger charge is -2.02. The van der Waals surface area contributed by atoms with E-state index in [4.69, 9.17) is 4.42 Å². The van der Waals surface area contributed by atoms with Crippen LogP contribution < -0.4 is 5.46 Å². The normalized spacial score (nSPS) is 11.3. The zero-order valence-corrected chi connectivity index (χ0v) is 11.9. The van der Waals surface area contributed by atoms with Crippen molar-refractivity contribution in [2.24, 2.45) is 0 Å². The molecule has 0 bridgehead atoms. The van der Waals surface area contributed by atoms with E-state index >= 15 is 0 Å². The summed E-state index contributed by atoms with van der Waals surface area (Å²) < 4.78 is 20.0. The van der Waals surface area contributed by atoms with Crippen LogP contribution in [-0.2, 0) is 0 Å². The van der Waals surface area contributed by atoms with E-state index in [0.29, 0.717) is 27.9 Å². The van der Waals surface area contributed by atoms with Crippen LogP contribution in [0.1, 0.15) is 0 Å². The second-order valence-electron chi connectivity index (χ2n) is 5.27. The van der Waals surface area contributed by atoms with Gasteiger partial charge in [0.25, 0.3) is 0 Å². The van der Waals surface area contributed by atoms with E-state index in [-0.39, 0.29) is 0 Å². The number of fused-ring (bicyclic) bond motifs is 3. The standard InChI is InChI=1S/C17H11BFNO3/c19-14-9-17-12(8-13(14)15-3-1-2-6-20-15)11-5-4-10(18(21)22)7-16(11)23-17/h1-9,21-22H. The fourth-order valence-corrected chi connectivity index (χ4v) is 2.69. The molecule has 2 heterocycles. The molecule has 6 heteroatoms. The minimum Gasteiger partial charge on any atom is -0.456 e. The van der Waals surface area contributed by atoms with E-state index < -0.39 is 12.9 Å². The summed E-state index contributed by atoms with van der Waals surface area (Å²) in [5, 5.41) is 20.0. The number of benzene rings is 2. The second kappa shape index (κ2) is 5.19. The molecular formula is C17H11BFNO3. The Kier molecular flexibility index (Phi) is 3.14. The molecule has 0 spiro atoms. The van der Waals surface area contributed by atoms with E-state index in [1.165, 1.54) is 6.07 Å². The maximum atomic E-state index is 14.4.